The summed E-state index contributed by atoms with van der Waals surface area (Å²) in [6, 6.07) is 14.5. The Bertz CT molecular complexity index is 1240. The second-order valence-corrected chi connectivity index (χ2v) is 8.67. The first-order valence-electron chi connectivity index (χ1n) is 11.5. The molecule has 2 unspecified atom stereocenters. The van der Waals surface area contributed by atoms with Crippen LogP contribution < -0.4 is 19.7 Å². The van der Waals surface area contributed by atoms with Crippen molar-refractivity contribution in [1.82, 2.24) is 14.8 Å². The van der Waals surface area contributed by atoms with Gasteiger partial charge in [0.15, 0.2) is 11.5 Å². The summed E-state index contributed by atoms with van der Waals surface area (Å²) in [6.07, 6.45) is 2.18. The summed E-state index contributed by atoms with van der Waals surface area (Å²) in [5, 5.41) is 3.05. The number of hydrogen-bond donors (Lipinski definition) is 1. The smallest absolute Gasteiger partial charge is 0.318 e. The number of urea groups is 1. The number of hydrogen-bond acceptors (Lipinski definition) is 4. The molecule has 3 aromatic rings. The van der Waals surface area contributed by atoms with Gasteiger partial charge in [-0.25, -0.2) is 9.18 Å². The zero-order chi connectivity index (χ0) is 24.5. The van der Waals surface area contributed by atoms with Gasteiger partial charge in [0, 0.05) is 49.7 Å². The highest BCUT2D eigenvalue weighted by Crippen LogP contribution is 2.34. The number of ether oxygens (including phenoxy) is 2. The second kappa shape index (κ2) is 9.32. The van der Waals surface area contributed by atoms with E-state index < -0.39 is 0 Å². The van der Waals surface area contributed by atoms with Crippen LogP contribution in [-0.2, 0) is 11.3 Å². The molecule has 1 saturated heterocycles. The van der Waals surface area contributed by atoms with Crippen LogP contribution in [0.2, 0.25) is 0 Å². The Morgan fingerprint density at radius 2 is 1.80 bits per heavy atom. The van der Waals surface area contributed by atoms with Crippen molar-refractivity contribution in [3.8, 4) is 11.5 Å². The zero-order valence-corrected chi connectivity index (χ0v) is 19.6. The third-order valence-corrected chi connectivity index (χ3v) is 6.62. The molecule has 5 rings (SSSR count). The predicted octanol–water partition coefficient (Wildman–Crippen LogP) is 3.56. The van der Waals surface area contributed by atoms with Gasteiger partial charge in [-0.2, -0.15) is 0 Å². The van der Waals surface area contributed by atoms with E-state index in [0.29, 0.717) is 36.8 Å². The summed E-state index contributed by atoms with van der Waals surface area (Å²) >= 11 is 0. The second-order valence-electron chi connectivity index (χ2n) is 8.67. The molecular weight excluding hydrogens is 451 g/mol. The lowest BCUT2D eigenvalue weighted by molar-refractivity contribution is -0.117. The third kappa shape index (κ3) is 4.29. The first-order chi connectivity index (χ1) is 17.0. The van der Waals surface area contributed by atoms with Gasteiger partial charge in [-0.15, -0.1) is 0 Å². The third-order valence-electron chi connectivity index (χ3n) is 6.62. The molecule has 3 heterocycles. The molecule has 8 nitrogen and oxygen atoms in total. The van der Waals surface area contributed by atoms with Gasteiger partial charge >= 0.3 is 6.03 Å². The number of halogens is 1. The van der Waals surface area contributed by atoms with Gasteiger partial charge in [-0.3, -0.25) is 4.79 Å². The number of anilines is 1. The molecule has 2 aromatic carbocycles. The molecule has 0 radical (unpaired) electrons. The van der Waals surface area contributed by atoms with Crippen LogP contribution in [-0.4, -0.2) is 54.8 Å². The molecular formula is C26H27FN4O4. The lowest BCUT2D eigenvalue weighted by atomic mass is 10.00. The fourth-order valence-electron chi connectivity index (χ4n) is 4.90. The zero-order valence-electron chi connectivity index (χ0n) is 19.6. The van der Waals surface area contributed by atoms with Gasteiger partial charge in [0.05, 0.1) is 26.3 Å². The first-order valence-corrected chi connectivity index (χ1v) is 11.5. The van der Waals surface area contributed by atoms with Crippen molar-refractivity contribution < 1.29 is 23.5 Å². The number of carbonyl (C=O) groups is 2. The Labute approximate surface area is 202 Å². The highest BCUT2D eigenvalue weighted by atomic mass is 19.1. The van der Waals surface area contributed by atoms with Crippen LogP contribution in [0, 0.1) is 5.82 Å². The van der Waals surface area contributed by atoms with E-state index >= 15 is 0 Å². The largest absolute Gasteiger partial charge is 0.493 e. The maximum atomic E-state index is 13.6. The highest BCUT2D eigenvalue weighted by molar-refractivity contribution is 5.97. The monoisotopic (exact) mass is 478 g/mol. The standard InChI is InChI=1S/C26H27FN4O4/c1-34-22-10-9-20(15-23(22)35-2)31-16-19(14-24(31)32)28-26(33)30-13-12-29-11-3-4-21(29)25(30)17-5-7-18(27)8-6-17/h3-11,15,19,25H,12-14,16H2,1-2H3,(H,28,33). The Kier molecular flexibility index (Phi) is 6.07. The molecule has 1 fully saturated rings. The summed E-state index contributed by atoms with van der Waals surface area (Å²) in [5.74, 6) is 0.707. The number of amides is 3. The molecule has 0 saturated carbocycles. The van der Waals surface area contributed by atoms with Gasteiger partial charge in [0.1, 0.15) is 5.82 Å². The Morgan fingerprint density at radius 1 is 1.03 bits per heavy atom. The molecule has 2 atom stereocenters. The minimum absolute atomic E-state index is 0.0786. The number of carbonyl (C=O) groups excluding carboxylic acids is 2. The van der Waals surface area contributed by atoms with Gasteiger partial charge in [0.2, 0.25) is 5.91 Å². The maximum absolute atomic E-state index is 13.6. The number of nitrogens with one attached hydrogen (secondary N) is 1. The predicted molar refractivity (Wildman–Crippen MR) is 128 cm³/mol. The summed E-state index contributed by atoms with van der Waals surface area (Å²) < 4.78 is 26.3. The minimum atomic E-state index is -0.349. The molecule has 2 aliphatic rings. The molecule has 35 heavy (non-hydrogen) atoms. The van der Waals surface area contributed by atoms with Crippen LogP contribution >= 0.6 is 0 Å². The van der Waals surface area contributed by atoms with Gasteiger partial charge in [0.25, 0.3) is 0 Å². The summed E-state index contributed by atoms with van der Waals surface area (Å²) in [6.45, 7) is 1.51. The molecule has 9 heteroatoms. The maximum Gasteiger partial charge on any atom is 0.318 e. The van der Waals surface area contributed by atoms with E-state index in [0.717, 1.165) is 11.3 Å². The number of fused-ring (bicyclic) bond motifs is 1. The number of methoxy groups -OCH3 is 2. The molecule has 2 aliphatic heterocycles. The van der Waals surface area contributed by atoms with E-state index in [4.69, 9.17) is 9.47 Å². The average molecular weight is 479 g/mol. The van der Waals surface area contributed by atoms with Crippen molar-refractivity contribution in [2.75, 3.05) is 32.2 Å². The molecule has 182 valence electrons. The van der Waals surface area contributed by atoms with E-state index in [1.807, 2.05) is 18.3 Å². The Balaban J connectivity index is 1.34. The van der Waals surface area contributed by atoms with Crippen LogP contribution in [0.15, 0.2) is 60.8 Å². The molecule has 1 aromatic heterocycles. The quantitative estimate of drug-likeness (QED) is 0.609. The lowest BCUT2D eigenvalue weighted by Crippen LogP contribution is -2.50. The Morgan fingerprint density at radius 3 is 2.54 bits per heavy atom. The number of aromatic nitrogens is 1. The summed E-state index contributed by atoms with van der Waals surface area (Å²) in [5.41, 5.74) is 2.48. The van der Waals surface area contributed by atoms with Crippen molar-refractivity contribution >= 4 is 17.6 Å². The van der Waals surface area contributed by atoms with Crippen molar-refractivity contribution in [2.24, 2.45) is 0 Å². The average Bonchev–Trinajstić information content (AvgIpc) is 3.49. The fraction of sp³-hybridized carbons (Fsp3) is 0.308. The Hall–Kier alpha value is -4.01. The number of rotatable bonds is 5. The molecule has 0 bridgehead atoms. The number of benzene rings is 2. The molecule has 1 N–H and O–H groups in total. The van der Waals surface area contributed by atoms with Gasteiger partial charge in [-0.05, 0) is 42.0 Å². The topological polar surface area (TPSA) is 76.0 Å². The fourth-order valence-corrected chi connectivity index (χ4v) is 4.90. The molecule has 3 amide bonds. The van der Waals surface area contributed by atoms with Crippen molar-refractivity contribution in [2.45, 2.75) is 25.0 Å². The SMILES string of the molecule is COc1ccc(N2CC(NC(=O)N3CCn4cccc4C3c3ccc(F)cc3)CC2=O)cc1OC. The molecule has 0 spiro atoms. The summed E-state index contributed by atoms with van der Waals surface area (Å²) in [4.78, 5) is 29.6. The normalized spacial score (nSPS) is 19.5. The molecule has 0 aliphatic carbocycles. The van der Waals surface area contributed by atoms with Crippen LogP contribution in [0.25, 0.3) is 0 Å². The highest BCUT2D eigenvalue weighted by Gasteiger charge is 2.36. The summed E-state index contributed by atoms with van der Waals surface area (Å²) in [7, 11) is 3.10. The van der Waals surface area contributed by atoms with Crippen molar-refractivity contribution in [3.63, 3.8) is 0 Å². The van der Waals surface area contributed by atoms with E-state index in [1.54, 1.807) is 54.4 Å². The lowest BCUT2D eigenvalue weighted by Gasteiger charge is -2.37. The van der Waals surface area contributed by atoms with E-state index in [1.165, 1.54) is 12.1 Å². The van der Waals surface area contributed by atoms with Crippen molar-refractivity contribution in [3.05, 3.63) is 77.9 Å². The van der Waals surface area contributed by atoms with E-state index in [9.17, 15) is 14.0 Å². The van der Waals surface area contributed by atoms with Crippen LogP contribution in [0.1, 0.15) is 23.7 Å². The van der Waals surface area contributed by atoms with E-state index in [-0.39, 0.29) is 36.3 Å². The number of nitrogens with zero attached hydrogens (tertiary/aromatic N) is 3. The first kappa shape index (κ1) is 22.8. The van der Waals surface area contributed by atoms with Crippen LogP contribution in [0.3, 0.4) is 0 Å². The van der Waals surface area contributed by atoms with E-state index in [2.05, 4.69) is 9.88 Å². The van der Waals surface area contributed by atoms with Gasteiger partial charge in [-0.1, -0.05) is 12.1 Å². The van der Waals surface area contributed by atoms with Crippen LogP contribution in [0.5, 0.6) is 11.5 Å². The van der Waals surface area contributed by atoms with Crippen LogP contribution in [0.4, 0.5) is 14.9 Å². The van der Waals surface area contributed by atoms with Gasteiger partial charge < -0.3 is 29.2 Å². The minimum Gasteiger partial charge on any atom is -0.493 e. The van der Waals surface area contributed by atoms with Crippen molar-refractivity contribution in [1.29, 1.82) is 0 Å².